The maximum Gasteiger partial charge on any atom is 0.416 e. The second kappa shape index (κ2) is 7.17. The van der Waals surface area contributed by atoms with Crippen molar-refractivity contribution in [3.8, 4) is 0 Å². The summed E-state index contributed by atoms with van der Waals surface area (Å²) in [5.74, 6) is -0.495. The molecule has 1 heterocycles. The molecule has 0 aromatic heterocycles. The van der Waals surface area contributed by atoms with Crippen LogP contribution in [0.1, 0.15) is 30.9 Å². The third-order valence-corrected chi connectivity index (χ3v) is 3.97. The van der Waals surface area contributed by atoms with E-state index in [1.807, 2.05) is 0 Å². The fourth-order valence-corrected chi connectivity index (χ4v) is 2.71. The molecule has 1 aliphatic rings. The first kappa shape index (κ1) is 17.5. The van der Waals surface area contributed by atoms with Crippen molar-refractivity contribution < 1.29 is 27.4 Å². The Hall–Kier alpha value is -1.82. The first-order valence-corrected chi connectivity index (χ1v) is 7.49. The van der Waals surface area contributed by atoms with Gasteiger partial charge in [-0.2, -0.15) is 13.2 Å². The summed E-state index contributed by atoms with van der Waals surface area (Å²) in [5.41, 5.74) is -0.798. The monoisotopic (exact) mass is 328 g/mol. The molecule has 1 saturated heterocycles. The van der Waals surface area contributed by atoms with Gasteiger partial charge in [0.15, 0.2) is 0 Å². The minimum absolute atomic E-state index is 0.253. The van der Waals surface area contributed by atoms with E-state index >= 15 is 0 Å². The van der Waals surface area contributed by atoms with Crippen LogP contribution in [0.5, 0.6) is 0 Å². The summed E-state index contributed by atoms with van der Waals surface area (Å²) in [6.07, 6.45) is -0.403. The number of rotatable bonds is 4. The number of allylic oxidation sites excluding steroid dienone is 1. The maximum atomic E-state index is 13.0. The number of carbonyl (C=O) groups is 1. The van der Waals surface area contributed by atoms with Gasteiger partial charge in [-0.1, -0.05) is 24.3 Å². The van der Waals surface area contributed by atoms with Gasteiger partial charge in [0.2, 0.25) is 0 Å². The van der Waals surface area contributed by atoms with Gasteiger partial charge >= 0.3 is 12.1 Å². The molecule has 126 valence electrons. The Morgan fingerprint density at radius 2 is 2.04 bits per heavy atom. The quantitative estimate of drug-likeness (QED) is 0.622. The third kappa shape index (κ3) is 4.34. The predicted octanol–water partition coefficient (Wildman–Crippen LogP) is 3.87. The normalized spacial score (nSPS) is 18.1. The molecule has 23 heavy (non-hydrogen) atoms. The van der Waals surface area contributed by atoms with Crippen LogP contribution in [0.15, 0.2) is 36.4 Å². The van der Waals surface area contributed by atoms with Crippen LogP contribution < -0.4 is 0 Å². The Bertz CT molecular complexity index is 573. The van der Waals surface area contributed by atoms with Gasteiger partial charge in [0.05, 0.1) is 12.2 Å². The van der Waals surface area contributed by atoms with Crippen LogP contribution in [0, 0.1) is 0 Å². The number of benzene rings is 1. The largest absolute Gasteiger partial charge is 0.463 e. The summed E-state index contributed by atoms with van der Waals surface area (Å²) in [5, 5.41) is 0. The summed E-state index contributed by atoms with van der Waals surface area (Å²) in [6.45, 7) is 2.82. The Kier molecular flexibility index (Phi) is 5.46. The van der Waals surface area contributed by atoms with Crippen LogP contribution in [-0.4, -0.2) is 25.8 Å². The van der Waals surface area contributed by atoms with Crippen molar-refractivity contribution >= 4 is 5.97 Å². The zero-order chi connectivity index (χ0) is 16.9. The van der Waals surface area contributed by atoms with Gasteiger partial charge in [-0.3, -0.25) is 0 Å². The number of carbonyl (C=O) groups excluding carboxylic acids is 1. The molecule has 0 unspecified atom stereocenters. The molecule has 1 aromatic rings. The topological polar surface area (TPSA) is 35.5 Å². The lowest BCUT2D eigenvalue weighted by Gasteiger charge is -2.35. The van der Waals surface area contributed by atoms with Crippen LogP contribution in [0.25, 0.3) is 0 Å². The number of ether oxygens (including phenoxy) is 2. The van der Waals surface area contributed by atoms with Crippen molar-refractivity contribution in [1.82, 2.24) is 0 Å². The van der Waals surface area contributed by atoms with E-state index < -0.39 is 23.1 Å². The molecule has 1 fully saturated rings. The molecular formula is C17H19F3O3. The van der Waals surface area contributed by atoms with Gasteiger partial charge < -0.3 is 9.47 Å². The van der Waals surface area contributed by atoms with E-state index in [2.05, 4.69) is 0 Å². The molecule has 1 aromatic carbocycles. The summed E-state index contributed by atoms with van der Waals surface area (Å²) in [4.78, 5) is 11.6. The van der Waals surface area contributed by atoms with Crippen LogP contribution in [0.2, 0.25) is 0 Å². The summed E-state index contributed by atoms with van der Waals surface area (Å²) >= 11 is 0. The van der Waals surface area contributed by atoms with Crippen LogP contribution in [0.4, 0.5) is 13.2 Å². The minimum atomic E-state index is -4.40. The van der Waals surface area contributed by atoms with Crippen LogP contribution in [-0.2, 0) is 25.9 Å². The van der Waals surface area contributed by atoms with Crippen molar-refractivity contribution in [1.29, 1.82) is 0 Å². The zero-order valence-corrected chi connectivity index (χ0v) is 12.9. The lowest BCUT2D eigenvalue weighted by molar-refractivity contribution is -0.138. The lowest BCUT2D eigenvalue weighted by atomic mass is 9.73. The summed E-state index contributed by atoms with van der Waals surface area (Å²) in [6, 6.07) is 5.26. The predicted molar refractivity (Wildman–Crippen MR) is 78.9 cm³/mol. The molecule has 0 bridgehead atoms. The van der Waals surface area contributed by atoms with E-state index in [0.29, 0.717) is 31.6 Å². The molecule has 0 saturated carbocycles. The van der Waals surface area contributed by atoms with Crippen molar-refractivity contribution in [2.24, 2.45) is 0 Å². The molecule has 0 amide bonds. The average Bonchev–Trinajstić information content (AvgIpc) is 2.53. The molecule has 0 spiro atoms. The van der Waals surface area contributed by atoms with E-state index in [9.17, 15) is 18.0 Å². The minimum Gasteiger partial charge on any atom is -0.463 e. The van der Waals surface area contributed by atoms with Crippen LogP contribution >= 0.6 is 0 Å². The Labute approximate surface area is 133 Å². The van der Waals surface area contributed by atoms with E-state index in [-0.39, 0.29) is 6.61 Å². The molecule has 6 heteroatoms. The highest BCUT2D eigenvalue weighted by Crippen LogP contribution is 2.39. The standard InChI is InChI=1S/C17H19F3O3/c1-2-23-15(21)6-7-16(8-10-22-11-9-16)13-4-3-5-14(12-13)17(18,19)20/h3-7,12H,2,8-11H2,1H3/b7-6+. The SMILES string of the molecule is CCOC(=O)/C=C/C1(c2cccc(C(F)(F)F)c2)CCOCC1. The number of halogens is 3. The molecule has 0 N–H and O–H groups in total. The van der Waals surface area contributed by atoms with Gasteiger partial charge in [0.1, 0.15) is 0 Å². The Balaban J connectivity index is 2.37. The highest BCUT2D eigenvalue weighted by Gasteiger charge is 2.36. The molecule has 2 rings (SSSR count). The van der Waals surface area contributed by atoms with Gasteiger partial charge in [-0.25, -0.2) is 4.79 Å². The van der Waals surface area contributed by atoms with Gasteiger partial charge in [-0.05, 0) is 31.4 Å². The highest BCUT2D eigenvalue weighted by molar-refractivity contribution is 5.82. The summed E-state index contributed by atoms with van der Waals surface area (Å²) < 4.78 is 49.1. The lowest BCUT2D eigenvalue weighted by Crippen LogP contribution is -2.32. The Morgan fingerprint density at radius 1 is 1.35 bits per heavy atom. The van der Waals surface area contributed by atoms with E-state index in [4.69, 9.17) is 9.47 Å². The van der Waals surface area contributed by atoms with Gasteiger partial charge in [0.25, 0.3) is 0 Å². The number of hydrogen-bond donors (Lipinski definition) is 0. The zero-order valence-electron chi connectivity index (χ0n) is 12.9. The second-order valence-corrected chi connectivity index (χ2v) is 5.43. The second-order valence-electron chi connectivity index (χ2n) is 5.43. The van der Waals surface area contributed by atoms with E-state index in [0.717, 1.165) is 12.1 Å². The maximum absolute atomic E-state index is 13.0. The fraction of sp³-hybridized carbons (Fsp3) is 0.471. The van der Waals surface area contributed by atoms with Crippen molar-refractivity contribution in [2.45, 2.75) is 31.4 Å². The van der Waals surface area contributed by atoms with Crippen LogP contribution in [0.3, 0.4) is 0 Å². The van der Waals surface area contributed by atoms with E-state index in [1.54, 1.807) is 19.1 Å². The van der Waals surface area contributed by atoms with Gasteiger partial charge in [0, 0.05) is 24.7 Å². The first-order chi connectivity index (χ1) is 10.9. The average molecular weight is 328 g/mol. The third-order valence-electron chi connectivity index (χ3n) is 3.97. The molecule has 3 nitrogen and oxygen atoms in total. The van der Waals surface area contributed by atoms with Crippen molar-refractivity contribution in [3.63, 3.8) is 0 Å². The molecule has 1 aliphatic heterocycles. The smallest absolute Gasteiger partial charge is 0.416 e. The van der Waals surface area contributed by atoms with Gasteiger partial charge in [-0.15, -0.1) is 0 Å². The number of hydrogen-bond acceptors (Lipinski definition) is 3. The fourth-order valence-electron chi connectivity index (χ4n) is 2.71. The number of alkyl halides is 3. The number of esters is 1. The summed E-state index contributed by atoms with van der Waals surface area (Å²) in [7, 11) is 0. The van der Waals surface area contributed by atoms with Crippen molar-refractivity contribution in [2.75, 3.05) is 19.8 Å². The van der Waals surface area contributed by atoms with Crippen molar-refractivity contribution in [3.05, 3.63) is 47.5 Å². The highest BCUT2D eigenvalue weighted by atomic mass is 19.4. The molecule has 0 atom stereocenters. The molecular weight excluding hydrogens is 309 g/mol. The first-order valence-electron chi connectivity index (χ1n) is 7.49. The van der Waals surface area contributed by atoms with E-state index in [1.165, 1.54) is 12.1 Å². The molecule has 0 aliphatic carbocycles. The Morgan fingerprint density at radius 3 is 2.65 bits per heavy atom. The molecule has 0 radical (unpaired) electrons.